The minimum Gasteiger partial charge on any atom is -0.464 e. The molecule has 3 N–H and O–H groups in total. The Balaban J connectivity index is 1.49. The summed E-state index contributed by atoms with van der Waals surface area (Å²) < 4.78 is 74.9. The molecule has 6 aromatic rings. The summed E-state index contributed by atoms with van der Waals surface area (Å²) in [4.78, 5) is 34.0. The van der Waals surface area contributed by atoms with E-state index >= 15 is 0 Å². The molecule has 41 heavy (non-hydrogen) atoms. The summed E-state index contributed by atoms with van der Waals surface area (Å²) in [6.45, 7) is 0. The number of halogens is 5. The second-order valence-electron chi connectivity index (χ2n) is 8.48. The number of primary amides is 1. The number of alkyl halides is 5. The molecule has 16 heteroatoms. The number of furan rings is 1. The first kappa shape index (κ1) is 26.5. The average molecular weight is 605 g/mol. The van der Waals surface area contributed by atoms with Gasteiger partial charge in [-0.25, -0.2) is 23.3 Å². The number of amides is 2. The number of carbonyl (C=O) groups is 2. The third-order valence-corrected chi connectivity index (χ3v) is 7.87. The van der Waals surface area contributed by atoms with E-state index in [1.165, 1.54) is 29.7 Å². The molecule has 208 valence electrons. The maximum absolute atomic E-state index is 13.9. The van der Waals surface area contributed by atoms with Crippen LogP contribution in [0.5, 0.6) is 0 Å². The molecule has 6 rings (SSSR count). The van der Waals surface area contributed by atoms with Gasteiger partial charge in [0.1, 0.15) is 21.2 Å². The van der Waals surface area contributed by atoms with Crippen molar-refractivity contribution in [1.29, 1.82) is 0 Å². The molecule has 0 aliphatic heterocycles. The lowest BCUT2D eigenvalue weighted by atomic mass is 10.1. The van der Waals surface area contributed by atoms with Gasteiger partial charge in [-0.1, -0.05) is 6.07 Å². The first-order valence-electron chi connectivity index (χ1n) is 11.4. The van der Waals surface area contributed by atoms with Crippen molar-refractivity contribution in [3.63, 3.8) is 0 Å². The number of nitrogens with two attached hydrogens (primary N) is 1. The van der Waals surface area contributed by atoms with Crippen molar-refractivity contribution in [2.24, 2.45) is 5.73 Å². The summed E-state index contributed by atoms with van der Waals surface area (Å²) in [5.74, 6) is -1.87. The standard InChI is InChI=1S/C25H13F5N6O3S2/c26-21(27)12-7-10(14-3-1-5-39-14)18-19(20(22(31)37)41-24(18)33-12)34-23(38)13-9-17-32-11(15-4-2-6-40-15)8-16(25(28,29)30)36(17)35-13/h1-9,21H,(H2,31,37)(H,34,38). The monoisotopic (exact) mass is 604 g/mol. The Morgan fingerprint density at radius 1 is 1.10 bits per heavy atom. The van der Waals surface area contributed by atoms with Crippen molar-refractivity contribution in [1.82, 2.24) is 19.6 Å². The largest absolute Gasteiger partial charge is 0.464 e. The van der Waals surface area contributed by atoms with Crippen LogP contribution < -0.4 is 11.1 Å². The molecule has 0 aliphatic carbocycles. The minimum atomic E-state index is -4.83. The highest BCUT2D eigenvalue weighted by atomic mass is 32.1. The Kier molecular flexibility index (Phi) is 6.30. The van der Waals surface area contributed by atoms with Crippen molar-refractivity contribution in [2.45, 2.75) is 12.6 Å². The van der Waals surface area contributed by atoms with E-state index in [0.29, 0.717) is 20.7 Å². The summed E-state index contributed by atoms with van der Waals surface area (Å²) in [5, 5.41) is 8.05. The summed E-state index contributed by atoms with van der Waals surface area (Å²) in [6.07, 6.45) is -6.49. The number of nitrogens with one attached hydrogen (secondary N) is 1. The zero-order valence-corrected chi connectivity index (χ0v) is 21.7. The van der Waals surface area contributed by atoms with Gasteiger partial charge >= 0.3 is 6.18 Å². The predicted molar refractivity (Wildman–Crippen MR) is 140 cm³/mol. The second kappa shape index (κ2) is 9.74. The lowest BCUT2D eigenvalue weighted by molar-refractivity contribution is -0.142. The maximum atomic E-state index is 13.9. The molecule has 0 spiro atoms. The van der Waals surface area contributed by atoms with E-state index in [9.17, 15) is 31.5 Å². The number of rotatable bonds is 6. The molecule has 9 nitrogen and oxygen atoms in total. The van der Waals surface area contributed by atoms with Gasteiger partial charge < -0.3 is 15.5 Å². The van der Waals surface area contributed by atoms with Crippen LogP contribution in [0, 0.1) is 0 Å². The molecule has 0 fully saturated rings. The fraction of sp³-hybridized carbons (Fsp3) is 0.0800. The Morgan fingerprint density at radius 2 is 1.90 bits per heavy atom. The van der Waals surface area contributed by atoms with E-state index in [1.807, 2.05) is 0 Å². The number of carbonyl (C=O) groups excluding carboxylic acids is 2. The molecule has 0 aromatic carbocycles. The molecule has 0 radical (unpaired) electrons. The lowest BCUT2D eigenvalue weighted by Gasteiger charge is -2.10. The Bertz CT molecular complexity index is 1950. The van der Waals surface area contributed by atoms with Gasteiger partial charge in [-0.3, -0.25) is 9.59 Å². The molecule has 0 aliphatic rings. The number of pyridine rings is 1. The molecule has 0 bridgehead atoms. The Hall–Kier alpha value is -4.70. The molecule has 0 unspecified atom stereocenters. The quantitative estimate of drug-likeness (QED) is 0.205. The van der Waals surface area contributed by atoms with Crippen LogP contribution in [0.1, 0.15) is 38.0 Å². The molecule has 2 amide bonds. The maximum Gasteiger partial charge on any atom is 0.433 e. The van der Waals surface area contributed by atoms with Crippen LogP contribution in [0.4, 0.5) is 27.6 Å². The van der Waals surface area contributed by atoms with Gasteiger partial charge in [-0.2, -0.15) is 18.3 Å². The van der Waals surface area contributed by atoms with Crippen LogP contribution in [0.15, 0.2) is 58.5 Å². The summed E-state index contributed by atoms with van der Waals surface area (Å²) in [5.41, 5.74) is 2.99. The number of nitrogens with zero attached hydrogens (tertiary/aromatic N) is 4. The molecule has 0 saturated carbocycles. The fourth-order valence-corrected chi connectivity index (χ4v) is 5.86. The molecule has 0 atom stereocenters. The van der Waals surface area contributed by atoms with Gasteiger partial charge in [0.2, 0.25) is 0 Å². The lowest BCUT2D eigenvalue weighted by Crippen LogP contribution is -2.18. The first-order valence-corrected chi connectivity index (χ1v) is 13.1. The number of thiophene rings is 2. The zero-order valence-electron chi connectivity index (χ0n) is 20.1. The fourth-order valence-electron chi connectivity index (χ4n) is 4.16. The van der Waals surface area contributed by atoms with E-state index in [1.54, 1.807) is 17.5 Å². The third-order valence-electron chi connectivity index (χ3n) is 5.88. The van der Waals surface area contributed by atoms with Gasteiger partial charge in [-0.15, -0.1) is 22.7 Å². The van der Waals surface area contributed by atoms with Crippen LogP contribution in [0.3, 0.4) is 0 Å². The van der Waals surface area contributed by atoms with Crippen LogP contribution in [-0.2, 0) is 6.18 Å². The van der Waals surface area contributed by atoms with Gasteiger partial charge in [0, 0.05) is 17.0 Å². The highest BCUT2D eigenvalue weighted by molar-refractivity contribution is 7.21. The molecular formula is C25H13F5N6O3S2. The van der Waals surface area contributed by atoms with Gasteiger partial charge in [0.05, 0.1) is 22.5 Å². The Morgan fingerprint density at radius 3 is 2.54 bits per heavy atom. The average Bonchev–Trinajstić information content (AvgIpc) is 3.72. The van der Waals surface area contributed by atoms with Crippen molar-refractivity contribution in [3.8, 4) is 21.9 Å². The molecule has 6 aromatic heterocycles. The number of hydrogen-bond donors (Lipinski definition) is 2. The topological polar surface area (TPSA) is 128 Å². The van der Waals surface area contributed by atoms with Gasteiger partial charge in [0.25, 0.3) is 18.2 Å². The highest BCUT2D eigenvalue weighted by Gasteiger charge is 2.36. The number of anilines is 1. The van der Waals surface area contributed by atoms with Crippen molar-refractivity contribution in [3.05, 3.63) is 76.1 Å². The second-order valence-corrected chi connectivity index (χ2v) is 10.4. The summed E-state index contributed by atoms with van der Waals surface area (Å²) >= 11 is 1.85. The van der Waals surface area contributed by atoms with Crippen LogP contribution in [0.25, 0.3) is 37.8 Å². The number of fused-ring (bicyclic) bond motifs is 2. The third kappa shape index (κ3) is 4.70. The molecular weight excluding hydrogens is 591 g/mol. The number of aromatic nitrogens is 4. The Labute approximate surface area is 233 Å². The van der Waals surface area contributed by atoms with Crippen LogP contribution >= 0.6 is 22.7 Å². The smallest absolute Gasteiger partial charge is 0.433 e. The van der Waals surface area contributed by atoms with E-state index < -0.39 is 41.5 Å². The summed E-state index contributed by atoms with van der Waals surface area (Å²) in [6, 6.07) is 9.19. The first-order chi connectivity index (χ1) is 19.5. The molecule has 6 heterocycles. The van der Waals surface area contributed by atoms with E-state index in [4.69, 9.17) is 10.2 Å². The number of hydrogen-bond acceptors (Lipinski definition) is 8. The van der Waals surface area contributed by atoms with E-state index in [2.05, 4.69) is 20.4 Å². The minimum absolute atomic E-state index is 0.0375. The predicted octanol–water partition coefficient (Wildman–Crippen LogP) is 6.64. The van der Waals surface area contributed by atoms with Crippen molar-refractivity contribution >= 4 is 56.0 Å². The summed E-state index contributed by atoms with van der Waals surface area (Å²) in [7, 11) is 0. The van der Waals surface area contributed by atoms with Crippen LogP contribution in [-0.4, -0.2) is 31.4 Å². The highest BCUT2D eigenvalue weighted by Crippen LogP contribution is 2.43. The van der Waals surface area contributed by atoms with Gasteiger partial charge in [-0.05, 0) is 35.7 Å². The van der Waals surface area contributed by atoms with E-state index in [0.717, 1.165) is 18.2 Å². The zero-order chi connectivity index (χ0) is 29.1. The van der Waals surface area contributed by atoms with Gasteiger partial charge in [0.15, 0.2) is 17.0 Å². The van der Waals surface area contributed by atoms with Crippen molar-refractivity contribution in [2.75, 3.05) is 5.32 Å². The van der Waals surface area contributed by atoms with E-state index in [-0.39, 0.29) is 43.4 Å². The van der Waals surface area contributed by atoms with Crippen molar-refractivity contribution < 1.29 is 36.0 Å². The normalized spacial score (nSPS) is 12.0. The molecule has 0 saturated heterocycles. The SMILES string of the molecule is NC(=O)c1sc2nc(C(F)F)cc(-c3ccco3)c2c1NC(=O)c1cc2nc(-c3cccs3)cc(C(F)(F)F)n2n1. The van der Waals surface area contributed by atoms with Crippen LogP contribution in [0.2, 0.25) is 0 Å².